The Hall–Kier alpha value is -4.84. The number of hydrogen-bond acceptors (Lipinski definition) is 4. The van der Waals surface area contributed by atoms with Gasteiger partial charge in [0.15, 0.2) is 0 Å². The Bertz CT molecular complexity index is 1880. The van der Waals surface area contributed by atoms with Gasteiger partial charge in [-0.1, -0.05) is 47.1 Å². The van der Waals surface area contributed by atoms with Gasteiger partial charge in [-0.05, 0) is 91.6 Å². The van der Waals surface area contributed by atoms with Gasteiger partial charge in [0.1, 0.15) is 0 Å². The zero-order chi connectivity index (χ0) is 34.3. The highest BCUT2D eigenvalue weighted by Crippen LogP contribution is 2.50. The molecule has 1 aliphatic heterocycles. The topological polar surface area (TPSA) is 79.8 Å². The second kappa shape index (κ2) is 12.4. The van der Waals surface area contributed by atoms with Gasteiger partial charge in [0.05, 0.1) is 21.9 Å². The van der Waals surface area contributed by atoms with Crippen molar-refractivity contribution < 1.29 is 40.8 Å². The van der Waals surface area contributed by atoms with E-state index in [0.29, 0.717) is 22.4 Å². The molecule has 1 unspecified atom stereocenters. The second-order valence-corrected chi connectivity index (χ2v) is 11.5. The molecule has 5 rings (SSSR count). The Morgan fingerprint density at radius 2 is 1.40 bits per heavy atom. The molecule has 0 aliphatic carbocycles. The molecule has 13 heteroatoms. The lowest BCUT2D eigenvalue weighted by atomic mass is 9.84. The number of carbonyl (C=O) groups is 2. The van der Waals surface area contributed by atoms with Crippen molar-refractivity contribution in [2.24, 2.45) is 5.16 Å². The van der Waals surface area contributed by atoms with Gasteiger partial charge in [-0.15, -0.1) is 0 Å². The number of oxime groups is 1. The number of alkyl halides is 6. The molecule has 0 saturated carbocycles. The molecular weight excluding hydrogens is 648 g/mol. The average molecular weight is 674 g/mol. The van der Waals surface area contributed by atoms with Gasteiger partial charge < -0.3 is 15.5 Å². The second-order valence-electron chi connectivity index (χ2n) is 11.1. The molecule has 0 aromatic heterocycles. The number of carbonyl (C=O) groups excluding carboxylic acids is 2. The summed E-state index contributed by atoms with van der Waals surface area (Å²) in [5.41, 5.74) is -2.13. The summed E-state index contributed by atoms with van der Waals surface area (Å²) in [7, 11) is 0. The molecule has 0 radical (unpaired) electrons. The van der Waals surface area contributed by atoms with Gasteiger partial charge in [0.2, 0.25) is 0 Å². The van der Waals surface area contributed by atoms with Gasteiger partial charge in [-0.25, -0.2) is 0 Å². The van der Waals surface area contributed by atoms with Crippen molar-refractivity contribution in [3.05, 3.63) is 128 Å². The van der Waals surface area contributed by atoms with Crippen molar-refractivity contribution >= 4 is 40.5 Å². The lowest BCUT2D eigenvalue weighted by molar-refractivity contribution is -0.275. The third kappa shape index (κ3) is 6.55. The number of hydrogen-bond donors (Lipinski definition) is 2. The Morgan fingerprint density at radius 1 is 0.809 bits per heavy atom. The van der Waals surface area contributed by atoms with Gasteiger partial charge in [-0.3, -0.25) is 9.59 Å². The number of benzene rings is 4. The lowest BCUT2D eigenvalue weighted by Gasteiger charge is -2.30. The van der Waals surface area contributed by atoms with Crippen LogP contribution in [-0.2, 0) is 16.6 Å². The van der Waals surface area contributed by atoms with Crippen LogP contribution in [0.15, 0.2) is 84.0 Å². The highest BCUT2D eigenvalue weighted by molar-refractivity contribution is 6.34. The van der Waals surface area contributed by atoms with Crippen molar-refractivity contribution in [1.82, 2.24) is 0 Å². The van der Waals surface area contributed by atoms with Crippen LogP contribution in [0.25, 0.3) is 0 Å². The van der Waals surface area contributed by atoms with E-state index in [0.717, 1.165) is 24.3 Å². The summed E-state index contributed by atoms with van der Waals surface area (Å²) in [6.45, 7) is 4.68. The van der Waals surface area contributed by atoms with Crippen molar-refractivity contribution in [2.75, 3.05) is 10.6 Å². The predicted molar refractivity (Wildman–Crippen MR) is 166 cm³/mol. The van der Waals surface area contributed by atoms with Crippen LogP contribution in [0.3, 0.4) is 0 Å². The SMILES string of the molecule is Cc1cc(C2(C(F)(F)F)CC(c3ccc(C(F)(F)F)cc3)=NO2)cc(C)c1NC(=O)c1cccc(NC(=O)c2ccccc2Cl)c1C. The molecule has 47 heavy (non-hydrogen) atoms. The van der Waals surface area contributed by atoms with Crippen LogP contribution < -0.4 is 10.6 Å². The summed E-state index contributed by atoms with van der Waals surface area (Å²) in [5.74, 6) is -1.04. The first-order chi connectivity index (χ1) is 22.0. The molecule has 1 heterocycles. The molecule has 6 nitrogen and oxygen atoms in total. The van der Waals surface area contributed by atoms with Crippen molar-refractivity contribution in [2.45, 2.75) is 45.1 Å². The van der Waals surface area contributed by atoms with E-state index < -0.39 is 41.8 Å². The molecule has 0 saturated heterocycles. The van der Waals surface area contributed by atoms with Crippen LogP contribution in [-0.4, -0.2) is 23.7 Å². The highest BCUT2D eigenvalue weighted by atomic mass is 35.5. The van der Waals surface area contributed by atoms with Crippen LogP contribution in [0, 0.1) is 20.8 Å². The van der Waals surface area contributed by atoms with Crippen LogP contribution in [0.5, 0.6) is 0 Å². The van der Waals surface area contributed by atoms with E-state index in [2.05, 4.69) is 15.8 Å². The standard InChI is InChI=1S/C34H26ClF6N3O3/c1-18-15-23(32(34(39,40)41)17-28(44-47-32)21-11-13-22(14-12-21)33(36,37)38)16-19(2)29(18)43-30(45)24-8-6-10-27(20(24)3)42-31(46)25-7-4-5-9-26(25)35/h4-16H,17H2,1-3H3,(H,42,46)(H,43,45). The monoisotopic (exact) mass is 673 g/mol. The largest absolute Gasteiger partial charge is 0.435 e. The fourth-order valence-corrected chi connectivity index (χ4v) is 5.56. The summed E-state index contributed by atoms with van der Waals surface area (Å²) < 4.78 is 82.9. The van der Waals surface area contributed by atoms with E-state index in [9.17, 15) is 35.9 Å². The Kier molecular flexibility index (Phi) is 8.85. The minimum absolute atomic E-state index is 0.0575. The van der Waals surface area contributed by atoms with Crippen LogP contribution in [0.2, 0.25) is 5.02 Å². The zero-order valence-electron chi connectivity index (χ0n) is 25.0. The number of nitrogens with one attached hydrogen (secondary N) is 2. The summed E-state index contributed by atoms with van der Waals surface area (Å²) in [6.07, 6.45) is -10.3. The summed E-state index contributed by atoms with van der Waals surface area (Å²) >= 11 is 6.13. The van der Waals surface area contributed by atoms with Crippen LogP contribution >= 0.6 is 11.6 Å². The molecule has 2 amide bonds. The average Bonchev–Trinajstić information content (AvgIpc) is 3.47. The quantitative estimate of drug-likeness (QED) is 0.200. The normalized spacial score (nSPS) is 16.3. The molecule has 4 aromatic rings. The number of aryl methyl sites for hydroxylation is 2. The molecule has 4 aromatic carbocycles. The highest BCUT2D eigenvalue weighted by Gasteiger charge is 2.62. The lowest BCUT2D eigenvalue weighted by Crippen LogP contribution is -2.42. The van der Waals surface area contributed by atoms with E-state index in [-0.39, 0.29) is 38.7 Å². The third-order valence-corrected chi connectivity index (χ3v) is 8.24. The van der Waals surface area contributed by atoms with Gasteiger partial charge in [0.25, 0.3) is 17.4 Å². The van der Waals surface area contributed by atoms with Gasteiger partial charge >= 0.3 is 12.4 Å². The zero-order valence-corrected chi connectivity index (χ0v) is 25.8. The maximum absolute atomic E-state index is 14.7. The minimum atomic E-state index is -4.96. The van der Waals surface area contributed by atoms with Crippen molar-refractivity contribution in [3.8, 4) is 0 Å². The molecule has 0 spiro atoms. The van der Waals surface area contributed by atoms with E-state index in [4.69, 9.17) is 16.4 Å². The minimum Gasteiger partial charge on any atom is -0.374 e. The maximum Gasteiger partial charge on any atom is 0.435 e. The molecule has 244 valence electrons. The molecule has 0 bridgehead atoms. The smallest absolute Gasteiger partial charge is 0.374 e. The Labute approximate surface area is 270 Å². The van der Waals surface area contributed by atoms with Gasteiger partial charge in [0, 0.05) is 28.9 Å². The molecule has 1 atom stereocenters. The van der Waals surface area contributed by atoms with Gasteiger partial charge in [-0.2, -0.15) is 26.3 Å². The van der Waals surface area contributed by atoms with Crippen molar-refractivity contribution in [1.29, 1.82) is 0 Å². The maximum atomic E-state index is 14.7. The summed E-state index contributed by atoms with van der Waals surface area (Å²) in [6, 6.07) is 17.3. The molecular formula is C34H26ClF6N3O3. The Balaban J connectivity index is 1.39. The van der Waals surface area contributed by atoms with E-state index in [1.807, 2.05) is 0 Å². The fourth-order valence-electron chi connectivity index (χ4n) is 5.34. The predicted octanol–water partition coefficient (Wildman–Crippen LogP) is 9.37. The van der Waals surface area contributed by atoms with Crippen molar-refractivity contribution in [3.63, 3.8) is 0 Å². The number of halogens is 7. The third-order valence-electron chi connectivity index (χ3n) is 7.91. The first kappa shape index (κ1) is 33.5. The summed E-state index contributed by atoms with van der Waals surface area (Å²) in [4.78, 5) is 31.3. The first-order valence-electron chi connectivity index (χ1n) is 14.1. The number of anilines is 2. The number of nitrogens with zero attached hydrogens (tertiary/aromatic N) is 1. The van der Waals surface area contributed by atoms with E-state index in [1.165, 1.54) is 26.0 Å². The molecule has 2 N–H and O–H groups in total. The van der Waals surface area contributed by atoms with E-state index in [1.54, 1.807) is 49.4 Å². The molecule has 0 fully saturated rings. The first-order valence-corrected chi connectivity index (χ1v) is 14.5. The summed E-state index contributed by atoms with van der Waals surface area (Å²) in [5, 5.41) is 9.40. The van der Waals surface area contributed by atoms with Crippen LogP contribution in [0.4, 0.5) is 37.7 Å². The van der Waals surface area contributed by atoms with E-state index >= 15 is 0 Å². The number of rotatable bonds is 6. The fraction of sp³-hybridized carbons (Fsp3) is 0.206. The number of amides is 2. The van der Waals surface area contributed by atoms with Crippen LogP contribution in [0.1, 0.15) is 60.5 Å². The Morgan fingerprint density at radius 3 is 2.00 bits per heavy atom. The molecule has 1 aliphatic rings.